The minimum Gasteiger partial charge on any atom is -0.507 e. The third-order valence-corrected chi connectivity index (χ3v) is 5.84. The van der Waals surface area contributed by atoms with Gasteiger partial charge in [-0.05, 0) is 29.7 Å². The van der Waals surface area contributed by atoms with E-state index in [1.165, 1.54) is 19.1 Å². The summed E-state index contributed by atoms with van der Waals surface area (Å²) in [6.45, 7) is 2.06. The Bertz CT molecular complexity index is 1220. The van der Waals surface area contributed by atoms with Crippen LogP contribution in [-0.2, 0) is 16.0 Å². The highest BCUT2D eigenvalue weighted by molar-refractivity contribution is 6.51. The molecule has 0 aliphatic carbocycles. The summed E-state index contributed by atoms with van der Waals surface area (Å²) in [6.07, 6.45) is 0.861. The molecule has 3 aromatic rings. The molecule has 0 spiro atoms. The second-order valence-electron chi connectivity index (χ2n) is 7.67. The molecule has 1 atom stereocenters. The number of ether oxygens (including phenoxy) is 2. The van der Waals surface area contributed by atoms with Gasteiger partial charge in [-0.15, -0.1) is 0 Å². The van der Waals surface area contributed by atoms with Crippen molar-refractivity contribution in [1.29, 1.82) is 0 Å². The Labute approximate surface area is 192 Å². The highest BCUT2D eigenvalue weighted by Crippen LogP contribution is 2.44. The highest BCUT2D eigenvalue weighted by Gasteiger charge is 2.47. The summed E-state index contributed by atoms with van der Waals surface area (Å²) in [4.78, 5) is 27.9. The monoisotopic (exact) mass is 443 g/mol. The molecule has 1 aliphatic rings. The van der Waals surface area contributed by atoms with Gasteiger partial charge in [0.15, 0.2) is 11.5 Å². The molecule has 1 aliphatic heterocycles. The number of hydrogen-bond acceptors (Lipinski definition) is 5. The molecule has 1 heterocycles. The fourth-order valence-corrected chi connectivity index (χ4v) is 4.08. The molecule has 3 aromatic carbocycles. The molecule has 0 bridgehead atoms. The number of methoxy groups -OCH3 is 2. The van der Waals surface area contributed by atoms with Crippen LogP contribution in [0.15, 0.2) is 78.4 Å². The highest BCUT2D eigenvalue weighted by atomic mass is 16.5. The van der Waals surface area contributed by atoms with Crippen LogP contribution in [0.25, 0.3) is 5.76 Å². The number of anilines is 1. The Morgan fingerprint density at radius 2 is 1.58 bits per heavy atom. The molecule has 6 heteroatoms. The maximum atomic E-state index is 13.3. The SMILES string of the molecule is CCc1ccc(C2/C(=C(\O)c3ccccc3)C(=O)C(=O)N2c2ccc(OC)c(OC)c2)cc1. The number of hydrogen-bond donors (Lipinski definition) is 1. The summed E-state index contributed by atoms with van der Waals surface area (Å²) in [5.74, 6) is -0.729. The van der Waals surface area contributed by atoms with Crippen LogP contribution in [0.4, 0.5) is 5.69 Å². The number of Topliss-reactive ketones (excluding diaryl/α,β-unsaturated/α-hetero) is 1. The number of amides is 1. The minimum absolute atomic E-state index is 0.0465. The smallest absolute Gasteiger partial charge is 0.300 e. The molecular weight excluding hydrogens is 418 g/mol. The van der Waals surface area contributed by atoms with Crippen molar-refractivity contribution >= 4 is 23.1 Å². The van der Waals surface area contributed by atoms with E-state index in [1.807, 2.05) is 30.3 Å². The van der Waals surface area contributed by atoms with Crippen molar-refractivity contribution in [2.75, 3.05) is 19.1 Å². The van der Waals surface area contributed by atoms with E-state index in [-0.39, 0.29) is 11.3 Å². The van der Waals surface area contributed by atoms with Crippen LogP contribution >= 0.6 is 0 Å². The van der Waals surface area contributed by atoms with Gasteiger partial charge in [-0.25, -0.2) is 0 Å². The van der Waals surface area contributed by atoms with E-state index in [4.69, 9.17) is 9.47 Å². The molecule has 0 saturated carbocycles. The van der Waals surface area contributed by atoms with E-state index in [0.29, 0.717) is 22.7 Å². The minimum atomic E-state index is -0.797. The van der Waals surface area contributed by atoms with Gasteiger partial charge in [0.05, 0.1) is 25.8 Å². The predicted molar refractivity (Wildman–Crippen MR) is 127 cm³/mol. The van der Waals surface area contributed by atoms with Crippen molar-refractivity contribution in [2.24, 2.45) is 0 Å². The summed E-state index contributed by atoms with van der Waals surface area (Å²) in [5.41, 5.74) is 2.83. The van der Waals surface area contributed by atoms with Crippen LogP contribution in [0.2, 0.25) is 0 Å². The summed E-state index contributed by atoms with van der Waals surface area (Å²) >= 11 is 0. The third kappa shape index (κ3) is 3.96. The first kappa shape index (κ1) is 22.1. The Kier molecular flexibility index (Phi) is 6.18. The van der Waals surface area contributed by atoms with E-state index < -0.39 is 17.7 Å². The molecule has 1 saturated heterocycles. The number of rotatable bonds is 6. The van der Waals surface area contributed by atoms with Crippen LogP contribution in [-0.4, -0.2) is 31.0 Å². The van der Waals surface area contributed by atoms with Gasteiger partial charge in [0.25, 0.3) is 11.7 Å². The lowest BCUT2D eigenvalue weighted by Crippen LogP contribution is -2.29. The van der Waals surface area contributed by atoms with Crippen molar-refractivity contribution in [3.8, 4) is 11.5 Å². The van der Waals surface area contributed by atoms with E-state index >= 15 is 0 Å². The second-order valence-corrected chi connectivity index (χ2v) is 7.67. The van der Waals surface area contributed by atoms with E-state index in [9.17, 15) is 14.7 Å². The number of aryl methyl sites for hydroxylation is 1. The molecule has 1 amide bonds. The number of ketones is 1. The van der Waals surface area contributed by atoms with Crippen LogP contribution in [0.1, 0.15) is 29.7 Å². The Hall–Kier alpha value is -4.06. The Balaban J connectivity index is 1.93. The zero-order valence-corrected chi connectivity index (χ0v) is 18.7. The van der Waals surface area contributed by atoms with Crippen molar-refractivity contribution in [1.82, 2.24) is 0 Å². The summed E-state index contributed by atoms with van der Waals surface area (Å²) in [7, 11) is 3.03. The predicted octanol–water partition coefficient (Wildman–Crippen LogP) is 4.89. The lowest BCUT2D eigenvalue weighted by molar-refractivity contribution is -0.132. The lowest BCUT2D eigenvalue weighted by atomic mass is 9.94. The molecule has 0 radical (unpaired) electrons. The topological polar surface area (TPSA) is 76.1 Å². The Morgan fingerprint density at radius 3 is 2.18 bits per heavy atom. The number of carbonyl (C=O) groups is 2. The van der Waals surface area contributed by atoms with Crippen molar-refractivity contribution in [3.05, 3.63) is 95.1 Å². The number of aliphatic hydroxyl groups excluding tert-OH is 1. The van der Waals surface area contributed by atoms with Crippen LogP contribution in [0.5, 0.6) is 11.5 Å². The van der Waals surface area contributed by atoms with E-state index in [0.717, 1.165) is 17.5 Å². The quantitative estimate of drug-likeness (QED) is 0.333. The van der Waals surface area contributed by atoms with Gasteiger partial charge in [-0.2, -0.15) is 0 Å². The fourth-order valence-electron chi connectivity index (χ4n) is 4.08. The second kappa shape index (κ2) is 9.20. The molecule has 1 N–H and O–H groups in total. The summed E-state index contributed by atoms with van der Waals surface area (Å²) in [5, 5.41) is 11.1. The third-order valence-electron chi connectivity index (χ3n) is 5.84. The van der Waals surface area contributed by atoms with Gasteiger partial charge < -0.3 is 14.6 Å². The first-order valence-electron chi connectivity index (χ1n) is 10.7. The lowest BCUT2D eigenvalue weighted by Gasteiger charge is -2.26. The average Bonchev–Trinajstić information content (AvgIpc) is 3.13. The van der Waals surface area contributed by atoms with Gasteiger partial charge in [0.2, 0.25) is 0 Å². The number of aliphatic hydroxyl groups is 1. The molecule has 33 heavy (non-hydrogen) atoms. The maximum Gasteiger partial charge on any atom is 0.300 e. The van der Waals surface area contributed by atoms with Gasteiger partial charge >= 0.3 is 0 Å². The molecule has 1 fully saturated rings. The molecule has 0 aromatic heterocycles. The van der Waals surface area contributed by atoms with Crippen molar-refractivity contribution in [3.63, 3.8) is 0 Å². The zero-order chi connectivity index (χ0) is 23.5. The van der Waals surface area contributed by atoms with Crippen molar-refractivity contribution < 1.29 is 24.2 Å². The number of carbonyl (C=O) groups excluding carboxylic acids is 2. The Morgan fingerprint density at radius 1 is 0.909 bits per heavy atom. The van der Waals surface area contributed by atoms with Crippen LogP contribution in [0.3, 0.4) is 0 Å². The zero-order valence-electron chi connectivity index (χ0n) is 18.7. The summed E-state index contributed by atoms with van der Waals surface area (Å²) < 4.78 is 10.7. The average molecular weight is 443 g/mol. The first-order chi connectivity index (χ1) is 16.0. The van der Waals surface area contributed by atoms with Crippen LogP contribution < -0.4 is 14.4 Å². The molecule has 6 nitrogen and oxygen atoms in total. The van der Waals surface area contributed by atoms with Gasteiger partial charge in [-0.1, -0.05) is 61.5 Å². The number of benzene rings is 3. The number of nitrogens with zero attached hydrogens (tertiary/aromatic N) is 1. The standard InChI is InChI=1S/C27H25NO5/c1-4-17-10-12-18(13-11-17)24-23(25(29)19-8-6-5-7-9-19)26(30)27(31)28(24)20-14-15-21(32-2)22(16-20)33-3/h5-16,24,29H,4H2,1-3H3/b25-23+. The fraction of sp³-hybridized carbons (Fsp3) is 0.185. The van der Waals surface area contributed by atoms with Gasteiger partial charge in [0.1, 0.15) is 5.76 Å². The molecular formula is C27H25NO5. The van der Waals surface area contributed by atoms with Gasteiger partial charge in [0, 0.05) is 17.3 Å². The van der Waals surface area contributed by atoms with E-state index in [1.54, 1.807) is 42.5 Å². The van der Waals surface area contributed by atoms with Gasteiger partial charge in [-0.3, -0.25) is 14.5 Å². The summed E-state index contributed by atoms with van der Waals surface area (Å²) in [6, 6.07) is 20.7. The first-order valence-corrected chi connectivity index (χ1v) is 10.7. The molecule has 168 valence electrons. The largest absolute Gasteiger partial charge is 0.507 e. The molecule has 1 unspecified atom stereocenters. The normalized spacial score (nSPS) is 17.3. The van der Waals surface area contributed by atoms with Crippen LogP contribution in [0, 0.1) is 0 Å². The maximum absolute atomic E-state index is 13.3. The molecule has 4 rings (SSSR count). The van der Waals surface area contributed by atoms with Crippen molar-refractivity contribution in [2.45, 2.75) is 19.4 Å². The van der Waals surface area contributed by atoms with E-state index in [2.05, 4.69) is 6.92 Å².